The molecule has 1 unspecified atom stereocenters. The highest BCUT2D eigenvalue weighted by Gasteiger charge is 2.16. The number of carbonyl (C=O) groups excluding carboxylic acids is 1. The van der Waals surface area contributed by atoms with E-state index in [4.69, 9.17) is 0 Å². The van der Waals surface area contributed by atoms with Crippen LogP contribution in [0.2, 0.25) is 0 Å². The van der Waals surface area contributed by atoms with Gasteiger partial charge in [0.25, 0.3) is 5.91 Å². The van der Waals surface area contributed by atoms with E-state index < -0.39 is 0 Å². The second-order valence-electron chi connectivity index (χ2n) is 5.57. The van der Waals surface area contributed by atoms with E-state index in [0.29, 0.717) is 0 Å². The fraction of sp³-hybridized carbons (Fsp3) is 0.688. The van der Waals surface area contributed by atoms with Crippen LogP contribution in [0, 0.1) is 5.92 Å². The number of amides is 1. The number of thiophene rings is 1. The molecule has 0 aliphatic carbocycles. The maximum atomic E-state index is 12.2. The van der Waals surface area contributed by atoms with Crippen LogP contribution in [-0.2, 0) is 12.8 Å². The normalized spacial score (nSPS) is 18.4. The van der Waals surface area contributed by atoms with Crippen molar-refractivity contribution in [3.63, 3.8) is 0 Å². The average Bonchev–Trinajstić information content (AvgIpc) is 3.08. The van der Waals surface area contributed by atoms with Gasteiger partial charge in [0.1, 0.15) is 0 Å². The summed E-state index contributed by atoms with van der Waals surface area (Å²) < 4.78 is 0. The summed E-state index contributed by atoms with van der Waals surface area (Å²) in [6.45, 7) is 7.39. The lowest BCUT2D eigenvalue weighted by Gasteiger charge is -2.08. The summed E-state index contributed by atoms with van der Waals surface area (Å²) in [5, 5.41) is 6.44. The molecule has 0 spiro atoms. The summed E-state index contributed by atoms with van der Waals surface area (Å²) >= 11 is 1.68. The predicted molar refractivity (Wildman–Crippen MR) is 85.6 cm³/mol. The van der Waals surface area contributed by atoms with Crippen molar-refractivity contribution >= 4 is 17.2 Å². The number of carbonyl (C=O) groups is 1. The third-order valence-electron chi connectivity index (χ3n) is 3.98. The number of nitrogens with one attached hydrogen (secondary N) is 2. The minimum Gasteiger partial charge on any atom is -0.351 e. The van der Waals surface area contributed by atoms with Gasteiger partial charge in [0.2, 0.25) is 0 Å². The molecule has 0 aromatic carbocycles. The van der Waals surface area contributed by atoms with Crippen LogP contribution in [0.1, 0.15) is 53.2 Å². The second kappa shape index (κ2) is 7.79. The molecule has 1 amide bonds. The van der Waals surface area contributed by atoms with E-state index >= 15 is 0 Å². The van der Waals surface area contributed by atoms with Crippen molar-refractivity contribution in [2.24, 2.45) is 5.92 Å². The van der Waals surface area contributed by atoms with E-state index in [0.717, 1.165) is 56.1 Å². The predicted octanol–water partition coefficient (Wildman–Crippen LogP) is 2.99. The van der Waals surface area contributed by atoms with Crippen LogP contribution < -0.4 is 10.6 Å². The van der Waals surface area contributed by atoms with Crippen molar-refractivity contribution in [3.05, 3.63) is 21.4 Å². The first-order valence-electron chi connectivity index (χ1n) is 7.85. The van der Waals surface area contributed by atoms with E-state index in [-0.39, 0.29) is 5.91 Å². The molecular formula is C16H26N2OS. The molecule has 0 saturated carbocycles. The number of hydrogen-bond donors (Lipinski definition) is 2. The van der Waals surface area contributed by atoms with E-state index in [1.54, 1.807) is 11.3 Å². The summed E-state index contributed by atoms with van der Waals surface area (Å²) in [4.78, 5) is 14.5. The van der Waals surface area contributed by atoms with Crippen molar-refractivity contribution < 1.29 is 4.79 Å². The van der Waals surface area contributed by atoms with Gasteiger partial charge in [-0.3, -0.25) is 4.79 Å². The molecule has 1 saturated heterocycles. The van der Waals surface area contributed by atoms with Gasteiger partial charge in [0.05, 0.1) is 4.88 Å². The summed E-state index contributed by atoms with van der Waals surface area (Å²) in [6, 6.07) is 2.09. The first-order chi connectivity index (χ1) is 9.74. The maximum Gasteiger partial charge on any atom is 0.261 e. The Balaban J connectivity index is 1.84. The molecule has 2 rings (SSSR count). The van der Waals surface area contributed by atoms with Crippen molar-refractivity contribution in [3.8, 4) is 0 Å². The molecule has 0 radical (unpaired) electrons. The lowest BCUT2D eigenvalue weighted by molar-refractivity contribution is 0.0955. The Hall–Kier alpha value is -0.870. The smallest absolute Gasteiger partial charge is 0.261 e. The summed E-state index contributed by atoms with van der Waals surface area (Å²) in [5.74, 6) is 0.846. The molecule has 112 valence electrons. The van der Waals surface area contributed by atoms with Crippen LogP contribution in [0.3, 0.4) is 0 Å². The molecule has 2 N–H and O–H groups in total. The quantitative estimate of drug-likeness (QED) is 0.811. The van der Waals surface area contributed by atoms with Gasteiger partial charge in [0.15, 0.2) is 0 Å². The van der Waals surface area contributed by atoms with Crippen molar-refractivity contribution in [2.75, 3.05) is 19.6 Å². The van der Waals surface area contributed by atoms with Gasteiger partial charge in [-0.2, -0.15) is 0 Å². The van der Waals surface area contributed by atoms with Gasteiger partial charge in [-0.25, -0.2) is 0 Å². The Kier molecular flexibility index (Phi) is 6.05. The molecule has 1 aromatic heterocycles. The molecule has 4 heteroatoms. The molecule has 20 heavy (non-hydrogen) atoms. The van der Waals surface area contributed by atoms with Crippen LogP contribution in [0.4, 0.5) is 0 Å². The lowest BCUT2D eigenvalue weighted by Crippen LogP contribution is -2.25. The van der Waals surface area contributed by atoms with Gasteiger partial charge < -0.3 is 10.6 Å². The summed E-state index contributed by atoms with van der Waals surface area (Å²) in [6.07, 6.45) is 5.59. The minimum absolute atomic E-state index is 0.109. The second-order valence-corrected chi connectivity index (χ2v) is 6.70. The van der Waals surface area contributed by atoms with E-state index in [1.165, 1.54) is 16.9 Å². The van der Waals surface area contributed by atoms with Gasteiger partial charge in [0, 0.05) is 11.4 Å². The monoisotopic (exact) mass is 294 g/mol. The molecule has 1 fully saturated rings. The molecule has 1 aromatic rings. The first kappa shape index (κ1) is 15.5. The van der Waals surface area contributed by atoms with E-state index in [1.807, 2.05) is 0 Å². The molecule has 1 aliphatic rings. The Morgan fingerprint density at radius 3 is 3.00 bits per heavy atom. The van der Waals surface area contributed by atoms with Crippen molar-refractivity contribution in [1.82, 2.24) is 10.6 Å². The van der Waals surface area contributed by atoms with E-state index in [9.17, 15) is 4.79 Å². The van der Waals surface area contributed by atoms with Crippen LogP contribution in [-0.4, -0.2) is 25.5 Å². The van der Waals surface area contributed by atoms with Crippen molar-refractivity contribution in [1.29, 1.82) is 0 Å². The van der Waals surface area contributed by atoms with E-state index in [2.05, 4.69) is 30.5 Å². The van der Waals surface area contributed by atoms with Crippen LogP contribution in [0.5, 0.6) is 0 Å². The van der Waals surface area contributed by atoms with Crippen LogP contribution in [0.15, 0.2) is 6.07 Å². The molecule has 1 atom stereocenters. The third-order valence-corrected chi connectivity index (χ3v) is 5.21. The van der Waals surface area contributed by atoms with Gasteiger partial charge in [-0.15, -0.1) is 11.3 Å². The highest BCUT2D eigenvalue weighted by molar-refractivity contribution is 7.14. The highest BCUT2D eigenvalue weighted by atomic mass is 32.1. The van der Waals surface area contributed by atoms with Crippen molar-refractivity contribution in [2.45, 2.75) is 46.0 Å². The molecule has 3 nitrogen and oxygen atoms in total. The Bertz CT molecular complexity index is 436. The highest BCUT2D eigenvalue weighted by Crippen LogP contribution is 2.24. The fourth-order valence-corrected chi connectivity index (χ4v) is 4.03. The van der Waals surface area contributed by atoms with Gasteiger partial charge in [-0.05, 0) is 56.3 Å². The zero-order chi connectivity index (χ0) is 14.4. The maximum absolute atomic E-state index is 12.2. The average molecular weight is 294 g/mol. The topological polar surface area (TPSA) is 41.1 Å². The zero-order valence-electron chi connectivity index (χ0n) is 12.6. The fourth-order valence-electron chi connectivity index (χ4n) is 2.75. The number of hydrogen-bond acceptors (Lipinski definition) is 3. The minimum atomic E-state index is 0.109. The van der Waals surface area contributed by atoms with Crippen LogP contribution >= 0.6 is 11.3 Å². The lowest BCUT2D eigenvalue weighted by atomic mass is 10.1. The molecule has 2 heterocycles. The number of aryl methyl sites for hydroxylation is 2. The SMILES string of the molecule is CCCc1sc(C(=O)NCCC2CCNC2)cc1CC. The number of rotatable bonds is 7. The van der Waals surface area contributed by atoms with Gasteiger partial charge in [-0.1, -0.05) is 20.3 Å². The third kappa shape index (κ3) is 4.06. The van der Waals surface area contributed by atoms with Crippen LogP contribution in [0.25, 0.3) is 0 Å². The standard InChI is InChI=1S/C16H26N2OS/c1-3-5-14-13(4-2)10-15(20-14)16(19)18-9-7-12-6-8-17-11-12/h10,12,17H,3-9,11H2,1-2H3,(H,18,19). The summed E-state index contributed by atoms with van der Waals surface area (Å²) in [5.41, 5.74) is 1.35. The zero-order valence-corrected chi connectivity index (χ0v) is 13.4. The molecule has 0 bridgehead atoms. The molecule has 1 aliphatic heterocycles. The Morgan fingerprint density at radius 2 is 2.35 bits per heavy atom. The largest absolute Gasteiger partial charge is 0.351 e. The van der Waals surface area contributed by atoms with Gasteiger partial charge >= 0.3 is 0 Å². The first-order valence-corrected chi connectivity index (χ1v) is 8.66. The summed E-state index contributed by atoms with van der Waals surface area (Å²) in [7, 11) is 0. The Morgan fingerprint density at radius 1 is 1.50 bits per heavy atom. The Labute approximate surface area is 126 Å². The molecular weight excluding hydrogens is 268 g/mol.